The highest BCUT2D eigenvalue weighted by Gasteiger charge is 2.23. The molecule has 1 amide bonds. The number of sulfonamides is 1. The van der Waals surface area contributed by atoms with Crippen molar-refractivity contribution >= 4 is 21.6 Å². The van der Waals surface area contributed by atoms with E-state index in [2.05, 4.69) is 10.0 Å². The average molecular weight is 354 g/mol. The summed E-state index contributed by atoms with van der Waals surface area (Å²) in [7, 11) is -4.25. The standard InChI is InChI=1S/C16H16F2N2O3S/c1-10(12-4-3-5-14(8-12)19-11(2)21)20-24(22,23)16-9-13(17)6-7-15(16)18/h3-10,20H,1-2H3,(H,19,21). The molecule has 2 aromatic rings. The van der Waals surface area contributed by atoms with Crippen molar-refractivity contribution in [1.82, 2.24) is 4.72 Å². The maximum atomic E-state index is 13.7. The molecule has 0 radical (unpaired) electrons. The molecule has 0 aliphatic rings. The second kappa shape index (κ2) is 7.06. The van der Waals surface area contributed by atoms with E-state index in [0.29, 0.717) is 17.3 Å². The van der Waals surface area contributed by atoms with Crippen molar-refractivity contribution < 1.29 is 22.0 Å². The van der Waals surface area contributed by atoms with E-state index in [0.717, 1.165) is 12.1 Å². The SMILES string of the molecule is CC(=O)Nc1cccc(C(C)NS(=O)(=O)c2cc(F)ccc2F)c1. The lowest BCUT2D eigenvalue weighted by Crippen LogP contribution is -2.27. The highest BCUT2D eigenvalue weighted by molar-refractivity contribution is 7.89. The Morgan fingerprint density at radius 2 is 1.83 bits per heavy atom. The summed E-state index contributed by atoms with van der Waals surface area (Å²) >= 11 is 0. The van der Waals surface area contributed by atoms with Gasteiger partial charge in [-0.05, 0) is 42.8 Å². The van der Waals surface area contributed by atoms with E-state index in [-0.39, 0.29) is 5.91 Å². The Balaban J connectivity index is 2.26. The lowest BCUT2D eigenvalue weighted by atomic mass is 10.1. The number of nitrogens with one attached hydrogen (secondary N) is 2. The number of anilines is 1. The molecule has 2 rings (SSSR count). The van der Waals surface area contributed by atoms with Crippen LogP contribution in [0.5, 0.6) is 0 Å². The quantitative estimate of drug-likeness (QED) is 0.867. The molecule has 0 bridgehead atoms. The first-order valence-corrected chi connectivity index (χ1v) is 8.52. The summed E-state index contributed by atoms with van der Waals surface area (Å²) in [6.07, 6.45) is 0. The molecule has 0 fully saturated rings. The minimum absolute atomic E-state index is 0.262. The van der Waals surface area contributed by atoms with Gasteiger partial charge >= 0.3 is 0 Å². The fourth-order valence-corrected chi connectivity index (χ4v) is 3.46. The van der Waals surface area contributed by atoms with Gasteiger partial charge in [0.05, 0.1) is 0 Å². The van der Waals surface area contributed by atoms with E-state index in [4.69, 9.17) is 0 Å². The summed E-state index contributed by atoms with van der Waals surface area (Å²) in [4.78, 5) is 10.3. The molecule has 8 heteroatoms. The number of hydrogen-bond donors (Lipinski definition) is 2. The third-order valence-corrected chi connectivity index (χ3v) is 4.78. The first-order valence-electron chi connectivity index (χ1n) is 7.04. The number of rotatable bonds is 5. The van der Waals surface area contributed by atoms with E-state index >= 15 is 0 Å². The van der Waals surface area contributed by atoms with E-state index in [1.165, 1.54) is 6.92 Å². The number of halogens is 2. The van der Waals surface area contributed by atoms with Gasteiger partial charge in [0, 0.05) is 18.7 Å². The third-order valence-electron chi connectivity index (χ3n) is 3.22. The molecule has 0 heterocycles. The first kappa shape index (κ1) is 18.0. The van der Waals surface area contributed by atoms with E-state index in [9.17, 15) is 22.0 Å². The minimum Gasteiger partial charge on any atom is -0.326 e. The van der Waals surface area contributed by atoms with Crippen LogP contribution in [0.1, 0.15) is 25.5 Å². The Morgan fingerprint density at radius 1 is 1.12 bits per heavy atom. The van der Waals surface area contributed by atoms with Crippen molar-refractivity contribution in [3.63, 3.8) is 0 Å². The van der Waals surface area contributed by atoms with Gasteiger partial charge in [0.25, 0.3) is 0 Å². The fraction of sp³-hybridized carbons (Fsp3) is 0.188. The van der Waals surface area contributed by atoms with Gasteiger partial charge < -0.3 is 5.32 Å². The molecular weight excluding hydrogens is 338 g/mol. The number of hydrogen-bond acceptors (Lipinski definition) is 3. The zero-order valence-corrected chi connectivity index (χ0v) is 13.8. The maximum Gasteiger partial charge on any atom is 0.244 e. The van der Waals surface area contributed by atoms with Gasteiger partial charge in [0.15, 0.2) is 0 Å². The molecule has 1 unspecified atom stereocenters. The van der Waals surface area contributed by atoms with Gasteiger partial charge in [-0.25, -0.2) is 21.9 Å². The Morgan fingerprint density at radius 3 is 2.50 bits per heavy atom. The molecule has 0 saturated carbocycles. The smallest absolute Gasteiger partial charge is 0.244 e. The van der Waals surface area contributed by atoms with Crippen molar-refractivity contribution in [2.24, 2.45) is 0 Å². The van der Waals surface area contributed by atoms with E-state index in [1.807, 2.05) is 0 Å². The number of benzene rings is 2. The summed E-state index contributed by atoms with van der Waals surface area (Å²) in [6.45, 7) is 2.91. The van der Waals surface area contributed by atoms with Crippen LogP contribution in [0, 0.1) is 11.6 Å². The molecule has 0 aliphatic carbocycles. The summed E-state index contributed by atoms with van der Waals surface area (Å²) in [5, 5.41) is 2.59. The molecular formula is C16H16F2N2O3S. The molecule has 2 aromatic carbocycles. The average Bonchev–Trinajstić information content (AvgIpc) is 2.48. The second-order valence-corrected chi connectivity index (χ2v) is 6.91. The highest BCUT2D eigenvalue weighted by atomic mass is 32.2. The van der Waals surface area contributed by atoms with Gasteiger partial charge in [-0.1, -0.05) is 12.1 Å². The highest BCUT2D eigenvalue weighted by Crippen LogP contribution is 2.22. The maximum absolute atomic E-state index is 13.7. The van der Waals surface area contributed by atoms with Crippen LogP contribution in [0.2, 0.25) is 0 Å². The Kier molecular flexibility index (Phi) is 5.30. The molecule has 24 heavy (non-hydrogen) atoms. The predicted molar refractivity (Wildman–Crippen MR) is 85.8 cm³/mol. The van der Waals surface area contributed by atoms with Crippen LogP contribution >= 0.6 is 0 Å². The molecule has 0 spiro atoms. The Labute approximate surface area is 138 Å². The third kappa shape index (κ3) is 4.36. The van der Waals surface area contributed by atoms with Gasteiger partial charge in [-0.15, -0.1) is 0 Å². The molecule has 0 aliphatic heterocycles. The van der Waals surface area contributed by atoms with Crippen LogP contribution in [0.15, 0.2) is 47.4 Å². The van der Waals surface area contributed by atoms with Crippen LogP contribution in [0.3, 0.4) is 0 Å². The van der Waals surface area contributed by atoms with Gasteiger partial charge in [0.2, 0.25) is 15.9 Å². The normalized spacial score (nSPS) is 12.7. The fourth-order valence-electron chi connectivity index (χ4n) is 2.14. The van der Waals surface area contributed by atoms with Crippen molar-refractivity contribution in [2.45, 2.75) is 24.8 Å². The van der Waals surface area contributed by atoms with Crippen LogP contribution in [0.4, 0.5) is 14.5 Å². The lowest BCUT2D eigenvalue weighted by molar-refractivity contribution is -0.114. The number of carbonyl (C=O) groups is 1. The van der Waals surface area contributed by atoms with Gasteiger partial charge in [-0.2, -0.15) is 0 Å². The van der Waals surface area contributed by atoms with Crippen molar-refractivity contribution in [3.8, 4) is 0 Å². The molecule has 0 saturated heterocycles. The molecule has 2 N–H and O–H groups in total. The van der Waals surface area contributed by atoms with Crippen molar-refractivity contribution in [3.05, 3.63) is 59.7 Å². The van der Waals surface area contributed by atoms with Crippen molar-refractivity contribution in [2.75, 3.05) is 5.32 Å². The number of amides is 1. The summed E-state index contributed by atoms with van der Waals surface area (Å²) in [6, 6.07) is 8.05. The first-order chi connectivity index (χ1) is 11.2. The molecule has 128 valence electrons. The molecule has 5 nitrogen and oxygen atoms in total. The van der Waals surface area contributed by atoms with Gasteiger partial charge in [0.1, 0.15) is 16.5 Å². The van der Waals surface area contributed by atoms with Crippen LogP contribution < -0.4 is 10.0 Å². The van der Waals surface area contributed by atoms with E-state index < -0.39 is 32.6 Å². The van der Waals surface area contributed by atoms with E-state index in [1.54, 1.807) is 31.2 Å². The number of carbonyl (C=O) groups excluding carboxylic acids is 1. The van der Waals surface area contributed by atoms with Gasteiger partial charge in [-0.3, -0.25) is 4.79 Å². The monoisotopic (exact) mass is 354 g/mol. The topological polar surface area (TPSA) is 75.3 Å². The molecule has 1 atom stereocenters. The summed E-state index contributed by atoms with van der Waals surface area (Å²) < 4.78 is 53.7. The zero-order chi connectivity index (χ0) is 17.9. The van der Waals surface area contributed by atoms with Crippen molar-refractivity contribution in [1.29, 1.82) is 0 Å². The van der Waals surface area contributed by atoms with Crippen LogP contribution in [0.25, 0.3) is 0 Å². The largest absolute Gasteiger partial charge is 0.326 e. The predicted octanol–water partition coefficient (Wildman–Crippen LogP) is 2.96. The summed E-state index contributed by atoms with van der Waals surface area (Å²) in [5.41, 5.74) is 1.06. The van der Waals surface area contributed by atoms with Crippen LogP contribution in [-0.2, 0) is 14.8 Å². The summed E-state index contributed by atoms with van der Waals surface area (Å²) in [5.74, 6) is -2.15. The zero-order valence-electron chi connectivity index (χ0n) is 13.0. The Hall–Kier alpha value is -2.32. The lowest BCUT2D eigenvalue weighted by Gasteiger charge is -2.16. The minimum atomic E-state index is -4.25. The molecule has 0 aromatic heterocycles. The Bertz CT molecular complexity index is 869. The second-order valence-electron chi connectivity index (χ2n) is 5.22. The van der Waals surface area contributed by atoms with Crippen LogP contribution in [-0.4, -0.2) is 14.3 Å².